The molecule has 17 heteroatoms. The molecule has 3 atom stereocenters. The smallest absolute Gasteiger partial charge is 0.435 e. The van der Waals surface area contributed by atoms with Gasteiger partial charge in [0.25, 0.3) is 12.4 Å². The van der Waals surface area contributed by atoms with Gasteiger partial charge in [-0.3, -0.25) is 23.9 Å². The number of rotatable bonds is 5. The zero-order valence-electron chi connectivity index (χ0n) is 23.5. The van der Waals surface area contributed by atoms with Gasteiger partial charge < -0.3 is 25.5 Å². The predicted molar refractivity (Wildman–Crippen MR) is 155 cm³/mol. The number of aromatic amines is 1. The number of imidazole rings is 1. The molecule has 1 aromatic carbocycles. The number of amides is 2. The van der Waals surface area contributed by atoms with Gasteiger partial charge in [-0.1, -0.05) is 11.6 Å². The van der Waals surface area contributed by atoms with E-state index in [0.717, 1.165) is 13.1 Å². The summed E-state index contributed by atoms with van der Waals surface area (Å²) in [5.41, 5.74) is 0.138. The molecule has 0 bridgehead atoms. The summed E-state index contributed by atoms with van der Waals surface area (Å²) >= 11 is 6.53. The van der Waals surface area contributed by atoms with Crippen molar-refractivity contribution in [2.45, 2.75) is 6.18 Å². The van der Waals surface area contributed by atoms with Crippen LogP contribution in [0.5, 0.6) is 0 Å². The fourth-order valence-corrected chi connectivity index (χ4v) is 6.37. The summed E-state index contributed by atoms with van der Waals surface area (Å²) < 4.78 is 41.7. The third-order valence-electron chi connectivity index (χ3n) is 8.33. The number of piperidine rings is 1. The van der Waals surface area contributed by atoms with Crippen LogP contribution in [0, 0.1) is 17.8 Å². The Morgan fingerprint density at radius 3 is 2.44 bits per heavy atom. The number of fused-ring (bicyclic) bond motifs is 2. The Balaban J connectivity index is 0.00000115. The van der Waals surface area contributed by atoms with Gasteiger partial charge in [0.2, 0.25) is 5.91 Å². The molecule has 2 amide bonds. The zero-order valence-corrected chi connectivity index (χ0v) is 24.2. The van der Waals surface area contributed by atoms with Gasteiger partial charge in [-0.15, -0.1) is 0 Å². The van der Waals surface area contributed by atoms with Crippen molar-refractivity contribution in [1.29, 1.82) is 0 Å². The normalized spacial score (nSPS) is 20.8. The number of carbonyl (C=O) groups is 3. The first-order valence-corrected chi connectivity index (χ1v) is 14.4. The number of nitrogens with one attached hydrogen (secondary N) is 3. The Morgan fingerprint density at radius 1 is 1.09 bits per heavy atom. The molecule has 2 saturated heterocycles. The van der Waals surface area contributed by atoms with E-state index in [2.05, 4.69) is 30.8 Å². The molecule has 1 saturated carbocycles. The number of carbonyl (C=O) groups excluding carboxylic acids is 2. The summed E-state index contributed by atoms with van der Waals surface area (Å²) in [4.78, 5) is 46.6. The van der Waals surface area contributed by atoms with E-state index in [0.29, 0.717) is 49.3 Å². The minimum atomic E-state index is -4.64. The fraction of sp³-hybridized carbons (Fsp3) is 0.357. The lowest BCUT2D eigenvalue weighted by molar-refractivity contribution is -0.140. The lowest BCUT2D eigenvalue weighted by atomic mass is 10.1. The number of nitrogens with zero attached hydrogens (tertiary/aromatic N) is 6. The minimum absolute atomic E-state index is 0.125. The van der Waals surface area contributed by atoms with E-state index in [1.807, 2.05) is 4.90 Å². The SMILES string of the molecule is O=C(c1ccc(Nc2nccn3c(-c4c[nH]nc4C(F)(F)F)cnc23)cc1Cl)N1CCN(C(=O)C2[C@H]3CNC[C@@H]23)CC1.O=CO. The molecule has 5 heterocycles. The molecule has 0 radical (unpaired) electrons. The molecule has 1 unspecified atom stereocenters. The van der Waals surface area contributed by atoms with Crippen molar-refractivity contribution in [3.63, 3.8) is 0 Å². The molecule has 1 aliphatic carbocycles. The van der Waals surface area contributed by atoms with Crippen molar-refractivity contribution < 1.29 is 32.7 Å². The second-order valence-electron chi connectivity index (χ2n) is 10.8. The Morgan fingerprint density at radius 2 is 1.78 bits per heavy atom. The second kappa shape index (κ2) is 12.0. The summed E-state index contributed by atoms with van der Waals surface area (Å²) in [6, 6.07) is 4.87. The number of anilines is 2. The maximum atomic E-state index is 13.4. The zero-order chi connectivity index (χ0) is 31.9. The molecule has 2 aliphatic heterocycles. The number of hydrogen-bond donors (Lipinski definition) is 4. The molecular formula is C28H27ClF3N9O4. The quantitative estimate of drug-likeness (QED) is 0.239. The Labute approximate surface area is 258 Å². The average Bonchev–Trinajstić information content (AvgIpc) is 3.48. The van der Waals surface area contributed by atoms with Crippen LogP contribution in [0.15, 0.2) is 43.0 Å². The number of aromatic nitrogens is 5. The Hall–Kier alpha value is -4.70. The average molecular weight is 646 g/mol. The van der Waals surface area contributed by atoms with Gasteiger partial charge in [0.1, 0.15) is 0 Å². The van der Waals surface area contributed by atoms with Crippen LogP contribution >= 0.6 is 11.6 Å². The van der Waals surface area contributed by atoms with E-state index in [4.69, 9.17) is 21.5 Å². The Kier molecular flexibility index (Phi) is 8.09. The molecule has 3 aromatic heterocycles. The molecule has 13 nitrogen and oxygen atoms in total. The van der Waals surface area contributed by atoms with Gasteiger partial charge in [0.15, 0.2) is 17.2 Å². The van der Waals surface area contributed by atoms with E-state index >= 15 is 0 Å². The molecule has 4 aromatic rings. The summed E-state index contributed by atoms with van der Waals surface area (Å²) in [6.45, 7) is 3.42. The summed E-state index contributed by atoms with van der Waals surface area (Å²) in [6.07, 6.45) is 0.790. The molecule has 45 heavy (non-hydrogen) atoms. The number of hydrogen-bond acceptors (Lipinski definition) is 8. The van der Waals surface area contributed by atoms with E-state index in [1.54, 1.807) is 23.1 Å². The van der Waals surface area contributed by atoms with Crippen LogP contribution in [0.3, 0.4) is 0 Å². The van der Waals surface area contributed by atoms with Crippen LogP contribution in [0.25, 0.3) is 16.9 Å². The van der Waals surface area contributed by atoms with Gasteiger partial charge in [-0.25, -0.2) is 9.97 Å². The number of benzene rings is 1. The number of H-pyrrole nitrogens is 1. The lowest BCUT2D eigenvalue weighted by Crippen LogP contribution is -2.51. The van der Waals surface area contributed by atoms with E-state index < -0.39 is 11.9 Å². The van der Waals surface area contributed by atoms with Crippen molar-refractivity contribution in [2.24, 2.45) is 17.8 Å². The first-order valence-electron chi connectivity index (χ1n) is 14.0. The van der Waals surface area contributed by atoms with Crippen LogP contribution in [-0.2, 0) is 15.8 Å². The van der Waals surface area contributed by atoms with Crippen LogP contribution in [-0.4, -0.2) is 97.0 Å². The highest BCUT2D eigenvalue weighted by Crippen LogP contribution is 2.49. The summed E-state index contributed by atoms with van der Waals surface area (Å²) in [5.74, 6) is 1.31. The van der Waals surface area contributed by atoms with Gasteiger partial charge in [-0.05, 0) is 43.1 Å². The molecule has 0 spiro atoms. The second-order valence-corrected chi connectivity index (χ2v) is 11.2. The third-order valence-corrected chi connectivity index (χ3v) is 8.64. The van der Waals surface area contributed by atoms with Crippen LogP contribution in [0.1, 0.15) is 16.1 Å². The van der Waals surface area contributed by atoms with E-state index in [-0.39, 0.29) is 51.9 Å². The Bertz CT molecular complexity index is 1740. The van der Waals surface area contributed by atoms with Crippen molar-refractivity contribution in [3.8, 4) is 11.3 Å². The lowest BCUT2D eigenvalue weighted by Gasteiger charge is -2.35. The van der Waals surface area contributed by atoms with Gasteiger partial charge in [0, 0.05) is 56.4 Å². The van der Waals surface area contributed by atoms with Crippen molar-refractivity contribution >= 4 is 47.0 Å². The first kappa shape index (κ1) is 30.3. The first-order chi connectivity index (χ1) is 21.6. The maximum Gasteiger partial charge on any atom is 0.435 e. The summed E-state index contributed by atoms with van der Waals surface area (Å²) in [7, 11) is 0. The van der Waals surface area contributed by atoms with E-state index in [9.17, 15) is 22.8 Å². The molecule has 3 aliphatic rings. The van der Waals surface area contributed by atoms with E-state index in [1.165, 1.54) is 29.2 Å². The predicted octanol–water partition coefficient (Wildman–Crippen LogP) is 2.99. The number of piperazine rings is 1. The molecular weight excluding hydrogens is 619 g/mol. The topological polar surface area (TPSA) is 161 Å². The maximum absolute atomic E-state index is 13.4. The van der Waals surface area contributed by atoms with Crippen LogP contribution in [0.4, 0.5) is 24.7 Å². The fourth-order valence-electron chi connectivity index (χ4n) is 6.11. The van der Waals surface area contributed by atoms with Crippen LogP contribution < -0.4 is 10.6 Å². The highest BCUT2D eigenvalue weighted by atomic mass is 35.5. The molecule has 236 valence electrons. The van der Waals surface area contributed by atoms with Crippen LogP contribution in [0.2, 0.25) is 5.02 Å². The number of halogens is 4. The van der Waals surface area contributed by atoms with Crippen molar-refractivity contribution in [2.75, 3.05) is 44.6 Å². The standard InChI is InChI=1S/C27H25ClF3N9O2.CH2O2/c28-19-9-14(36-23-24-34-13-20(40(24)4-3-33-23)18-12-35-37-22(18)27(29,30)31)1-2-15(19)25(41)38-5-7-39(8-6-38)26(42)21-16-10-32-11-17(16)21;2-1-3/h1-4,9,12-13,16-17,21,32H,5-8,10-11H2,(H,33,36)(H,35,37);1H,(H,2,3)/t16-,17+,21?;. The van der Waals surface area contributed by atoms with Gasteiger partial charge in [-0.2, -0.15) is 18.3 Å². The largest absolute Gasteiger partial charge is 0.483 e. The minimum Gasteiger partial charge on any atom is -0.483 e. The van der Waals surface area contributed by atoms with Crippen molar-refractivity contribution in [3.05, 3.63) is 59.3 Å². The molecule has 4 N–H and O–H groups in total. The summed E-state index contributed by atoms with van der Waals surface area (Å²) in [5, 5.41) is 19.1. The molecule has 3 fully saturated rings. The monoisotopic (exact) mass is 645 g/mol. The number of carboxylic acid groups (broad SMARTS) is 1. The van der Waals surface area contributed by atoms with Crippen molar-refractivity contribution in [1.82, 2.24) is 39.7 Å². The highest BCUT2D eigenvalue weighted by molar-refractivity contribution is 6.34. The van der Waals surface area contributed by atoms with Gasteiger partial charge >= 0.3 is 6.18 Å². The highest BCUT2D eigenvalue weighted by Gasteiger charge is 2.58. The van der Waals surface area contributed by atoms with Gasteiger partial charge in [0.05, 0.1) is 28.0 Å². The molecule has 7 rings (SSSR count). The third kappa shape index (κ3) is 5.78. The number of alkyl halides is 3.